The zero-order chi connectivity index (χ0) is 20.6. The van der Waals surface area contributed by atoms with E-state index < -0.39 is 29.9 Å². The van der Waals surface area contributed by atoms with E-state index in [2.05, 4.69) is 12.6 Å². The van der Waals surface area contributed by atoms with Crippen molar-refractivity contribution in [2.24, 2.45) is 11.7 Å². The molecule has 3 N–H and O–H groups in total. The van der Waals surface area contributed by atoms with E-state index in [1.54, 1.807) is 24.3 Å². The Balaban J connectivity index is 3.22. The zero-order valence-electron chi connectivity index (χ0n) is 15.9. The maximum absolute atomic E-state index is 12.9. The number of hydrogen-bond acceptors (Lipinski definition) is 6. The van der Waals surface area contributed by atoms with Gasteiger partial charge in [0.15, 0.2) is 0 Å². The predicted octanol–water partition coefficient (Wildman–Crippen LogP) is 2.45. The van der Waals surface area contributed by atoms with E-state index >= 15 is 0 Å². The van der Waals surface area contributed by atoms with Crippen LogP contribution in [0.1, 0.15) is 32.3 Å². The SMILES string of the molecule is CSCCC(N)C(=O)N(C(=O)CC(C)C)C(Cc1ccccc1S)C(=O)O. The van der Waals surface area contributed by atoms with Crippen LogP contribution >= 0.6 is 24.4 Å². The third-order valence-corrected chi connectivity index (χ3v) is 5.12. The van der Waals surface area contributed by atoms with Crippen LogP contribution in [0.2, 0.25) is 0 Å². The van der Waals surface area contributed by atoms with Gasteiger partial charge in [0.25, 0.3) is 0 Å². The highest BCUT2D eigenvalue weighted by Gasteiger charge is 2.37. The molecule has 8 heteroatoms. The maximum atomic E-state index is 12.9. The van der Waals surface area contributed by atoms with Crippen LogP contribution in [0.3, 0.4) is 0 Å². The molecule has 1 aromatic rings. The molecule has 0 radical (unpaired) electrons. The Hall–Kier alpha value is -1.51. The van der Waals surface area contributed by atoms with E-state index in [0.29, 0.717) is 22.6 Å². The molecule has 2 atom stereocenters. The number of carbonyl (C=O) groups is 3. The molecule has 150 valence electrons. The van der Waals surface area contributed by atoms with Crippen molar-refractivity contribution in [1.29, 1.82) is 0 Å². The molecule has 0 saturated carbocycles. The Kier molecular flexibility index (Phi) is 9.90. The third kappa shape index (κ3) is 7.20. The van der Waals surface area contributed by atoms with Crippen molar-refractivity contribution in [2.45, 2.75) is 50.1 Å². The lowest BCUT2D eigenvalue weighted by atomic mass is 10.0. The van der Waals surface area contributed by atoms with E-state index in [1.807, 2.05) is 20.1 Å². The Morgan fingerprint density at radius 3 is 2.41 bits per heavy atom. The summed E-state index contributed by atoms with van der Waals surface area (Å²) >= 11 is 5.88. The topological polar surface area (TPSA) is 101 Å². The molecule has 0 spiro atoms. The number of carboxylic acid groups (broad SMARTS) is 1. The number of amides is 2. The number of nitrogens with zero attached hydrogens (tertiary/aromatic N) is 1. The smallest absolute Gasteiger partial charge is 0.327 e. The molecular weight excluding hydrogens is 384 g/mol. The van der Waals surface area contributed by atoms with E-state index in [9.17, 15) is 19.5 Å². The number of rotatable bonds is 10. The summed E-state index contributed by atoms with van der Waals surface area (Å²) in [5.41, 5.74) is 6.62. The summed E-state index contributed by atoms with van der Waals surface area (Å²) in [7, 11) is 0. The van der Waals surface area contributed by atoms with Gasteiger partial charge in [-0.25, -0.2) is 4.79 Å². The largest absolute Gasteiger partial charge is 0.480 e. The average Bonchev–Trinajstić information content (AvgIpc) is 2.59. The van der Waals surface area contributed by atoms with Gasteiger partial charge in [-0.15, -0.1) is 12.6 Å². The lowest BCUT2D eigenvalue weighted by Crippen LogP contribution is -2.55. The van der Waals surface area contributed by atoms with Crippen LogP contribution in [0, 0.1) is 5.92 Å². The van der Waals surface area contributed by atoms with Crippen molar-refractivity contribution in [3.63, 3.8) is 0 Å². The van der Waals surface area contributed by atoms with E-state index in [-0.39, 0.29) is 18.8 Å². The van der Waals surface area contributed by atoms with Gasteiger partial charge in [-0.1, -0.05) is 32.0 Å². The average molecular weight is 413 g/mol. The Labute approximate surface area is 170 Å². The van der Waals surface area contributed by atoms with Gasteiger partial charge in [0.05, 0.1) is 6.04 Å². The lowest BCUT2D eigenvalue weighted by molar-refractivity contribution is -0.159. The van der Waals surface area contributed by atoms with E-state index in [1.165, 1.54) is 11.8 Å². The lowest BCUT2D eigenvalue weighted by Gasteiger charge is -2.30. The first-order valence-electron chi connectivity index (χ1n) is 8.79. The van der Waals surface area contributed by atoms with Gasteiger partial charge in [0.2, 0.25) is 11.8 Å². The molecule has 2 amide bonds. The molecule has 1 aromatic carbocycles. The normalized spacial score (nSPS) is 13.3. The molecule has 27 heavy (non-hydrogen) atoms. The van der Waals surface area contributed by atoms with E-state index in [0.717, 1.165) is 4.90 Å². The van der Waals surface area contributed by atoms with Gasteiger partial charge in [0.1, 0.15) is 6.04 Å². The fourth-order valence-electron chi connectivity index (χ4n) is 2.63. The van der Waals surface area contributed by atoms with Crippen molar-refractivity contribution < 1.29 is 19.5 Å². The fourth-order valence-corrected chi connectivity index (χ4v) is 3.37. The molecule has 6 nitrogen and oxygen atoms in total. The number of thiol groups is 1. The summed E-state index contributed by atoms with van der Waals surface area (Å²) in [6.45, 7) is 3.68. The van der Waals surface area contributed by atoms with Crippen LogP contribution in [-0.2, 0) is 20.8 Å². The van der Waals surface area contributed by atoms with Crippen LogP contribution < -0.4 is 5.73 Å². The third-order valence-electron chi connectivity index (χ3n) is 4.04. The highest BCUT2D eigenvalue weighted by molar-refractivity contribution is 7.98. The first-order chi connectivity index (χ1) is 12.7. The molecule has 0 aliphatic heterocycles. The number of benzene rings is 1. The number of hydrogen-bond donors (Lipinski definition) is 3. The first kappa shape index (κ1) is 23.5. The zero-order valence-corrected chi connectivity index (χ0v) is 17.6. The van der Waals surface area contributed by atoms with Gasteiger partial charge in [-0.3, -0.25) is 14.5 Å². The highest BCUT2D eigenvalue weighted by atomic mass is 32.2. The van der Waals surface area contributed by atoms with Crippen LogP contribution in [0.4, 0.5) is 0 Å². The summed E-state index contributed by atoms with van der Waals surface area (Å²) in [4.78, 5) is 39.1. The minimum Gasteiger partial charge on any atom is -0.480 e. The Morgan fingerprint density at radius 1 is 1.26 bits per heavy atom. The number of nitrogens with two attached hydrogens (primary N) is 1. The van der Waals surface area contributed by atoms with Gasteiger partial charge in [-0.05, 0) is 36.0 Å². The molecule has 0 bridgehead atoms. The van der Waals surface area contributed by atoms with Crippen molar-refractivity contribution >= 4 is 42.2 Å². The standard InChI is InChI=1S/C19H28N2O4S2/c1-12(2)10-17(22)21(18(23)14(20)8-9-27-3)15(19(24)25)11-13-6-4-5-7-16(13)26/h4-7,12,14-15,26H,8-11,20H2,1-3H3,(H,24,25). The Morgan fingerprint density at radius 2 is 1.89 bits per heavy atom. The minimum absolute atomic E-state index is 0.0122. The molecule has 0 aromatic heterocycles. The maximum Gasteiger partial charge on any atom is 0.327 e. The van der Waals surface area contributed by atoms with Gasteiger partial charge in [-0.2, -0.15) is 11.8 Å². The second-order valence-corrected chi connectivity index (χ2v) is 8.24. The number of carboxylic acids is 1. The summed E-state index contributed by atoms with van der Waals surface area (Å²) < 4.78 is 0. The van der Waals surface area contributed by atoms with Crippen LogP contribution in [0.5, 0.6) is 0 Å². The van der Waals surface area contributed by atoms with E-state index in [4.69, 9.17) is 5.73 Å². The highest BCUT2D eigenvalue weighted by Crippen LogP contribution is 2.20. The molecule has 0 aliphatic carbocycles. The molecule has 0 fully saturated rings. The molecule has 0 heterocycles. The molecule has 0 saturated heterocycles. The fraction of sp³-hybridized carbons (Fsp3) is 0.526. The van der Waals surface area contributed by atoms with Crippen LogP contribution in [0.15, 0.2) is 29.2 Å². The number of thioether (sulfide) groups is 1. The van der Waals surface area contributed by atoms with Gasteiger partial charge < -0.3 is 10.8 Å². The molecular formula is C19H28N2O4S2. The van der Waals surface area contributed by atoms with Gasteiger partial charge in [0, 0.05) is 17.7 Å². The van der Waals surface area contributed by atoms with Crippen molar-refractivity contribution in [3.8, 4) is 0 Å². The summed E-state index contributed by atoms with van der Waals surface area (Å²) in [6, 6.07) is 4.79. The van der Waals surface area contributed by atoms with Crippen molar-refractivity contribution in [1.82, 2.24) is 4.90 Å². The molecule has 1 rings (SSSR count). The van der Waals surface area contributed by atoms with Crippen molar-refractivity contribution in [2.75, 3.05) is 12.0 Å². The predicted molar refractivity (Wildman–Crippen MR) is 111 cm³/mol. The van der Waals surface area contributed by atoms with Gasteiger partial charge >= 0.3 is 5.97 Å². The minimum atomic E-state index is -1.32. The Bertz CT molecular complexity index is 667. The number of carbonyl (C=O) groups excluding carboxylic acids is 2. The second kappa shape index (κ2) is 11.4. The summed E-state index contributed by atoms with van der Waals surface area (Å²) in [5, 5.41) is 9.77. The molecule has 0 aliphatic rings. The van der Waals surface area contributed by atoms with Crippen LogP contribution in [-0.4, -0.2) is 51.9 Å². The first-order valence-corrected chi connectivity index (χ1v) is 10.6. The second-order valence-electron chi connectivity index (χ2n) is 6.77. The summed E-state index contributed by atoms with van der Waals surface area (Å²) in [5.74, 6) is -1.76. The molecule has 2 unspecified atom stereocenters. The van der Waals surface area contributed by atoms with Crippen LogP contribution in [0.25, 0.3) is 0 Å². The monoisotopic (exact) mass is 412 g/mol. The van der Waals surface area contributed by atoms with Crippen molar-refractivity contribution in [3.05, 3.63) is 29.8 Å². The number of aliphatic carboxylic acids is 1. The summed E-state index contributed by atoms with van der Waals surface area (Å²) in [6.07, 6.45) is 2.33. The quantitative estimate of drug-likeness (QED) is 0.511. The number of imide groups is 1.